The van der Waals surface area contributed by atoms with Crippen molar-refractivity contribution < 1.29 is 14.6 Å². The minimum atomic E-state index is -0.00832. The third-order valence-electron chi connectivity index (χ3n) is 6.56. The van der Waals surface area contributed by atoms with Crippen molar-refractivity contribution in [3.63, 3.8) is 0 Å². The second-order valence-corrected chi connectivity index (χ2v) is 9.45. The highest BCUT2D eigenvalue weighted by molar-refractivity contribution is 6.36. The van der Waals surface area contributed by atoms with Crippen LogP contribution < -0.4 is 10.6 Å². The van der Waals surface area contributed by atoms with E-state index in [1.807, 2.05) is 12.1 Å². The fourth-order valence-corrected chi connectivity index (χ4v) is 4.70. The number of fused-ring (bicyclic) bond motifs is 1. The van der Waals surface area contributed by atoms with Gasteiger partial charge in [0, 0.05) is 42.0 Å². The van der Waals surface area contributed by atoms with Gasteiger partial charge in [0.15, 0.2) is 5.75 Å². The molecule has 0 aliphatic carbocycles. The van der Waals surface area contributed by atoms with E-state index in [0.717, 1.165) is 31.6 Å². The van der Waals surface area contributed by atoms with Crippen molar-refractivity contribution in [3.05, 3.63) is 47.1 Å². The van der Waals surface area contributed by atoms with E-state index in [9.17, 15) is 9.90 Å². The maximum absolute atomic E-state index is 12.7. The lowest BCUT2D eigenvalue weighted by molar-refractivity contribution is 0.0303. The lowest BCUT2D eigenvalue weighted by Gasteiger charge is -2.30. The van der Waals surface area contributed by atoms with E-state index in [-0.39, 0.29) is 25.1 Å². The van der Waals surface area contributed by atoms with Crippen molar-refractivity contribution in [2.24, 2.45) is 0 Å². The van der Waals surface area contributed by atoms with Crippen LogP contribution in [-0.2, 0) is 4.74 Å². The monoisotopic (exact) mass is 512 g/mol. The zero-order chi connectivity index (χ0) is 24.4. The predicted molar refractivity (Wildman–Crippen MR) is 144 cm³/mol. The van der Waals surface area contributed by atoms with Gasteiger partial charge in [-0.15, -0.1) is 0 Å². The van der Waals surface area contributed by atoms with Crippen LogP contribution in [0.5, 0.6) is 5.75 Å². The first kappa shape index (κ1) is 25.9. The lowest BCUT2D eigenvalue weighted by atomic mass is 10.0. The number of phenolic OH excluding ortho intramolecular Hbond substituents is 1. The fraction of sp³-hybridized carbons (Fsp3) is 0.423. The Morgan fingerprint density at radius 1 is 1.14 bits per heavy atom. The average Bonchev–Trinajstić information content (AvgIpc) is 2.89. The van der Waals surface area contributed by atoms with E-state index in [1.165, 1.54) is 0 Å². The quantitative estimate of drug-likeness (QED) is 0.434. The topological polar surface area (TPSA) is 103 Å². The Bertz CT molecular complexity index is 1210. The Kier molecular flexibility index (Phi) is 8.13. The molecule has 2 aliphatic heterocycles. The molecule has 9 nitrogen and oxygen atoms in total. The molecule has 3 heterocycles. The number of halogens is 1. The molecular formula is C26H33ClN6O3. The summed E-state index contributed by atoms with van der Waals surface area (Å²) in [6.45, 7) is 4.35. The summed E-state index contributed by atoms with van der Waals surface area (Å²) in [5.74, 6) is 0.374. The Balaban J connectivity index is 0.00000304. The van der Waals surface area contributed by atoms with E-state index in [1.54, 1.807) is 29.3 Å². The molecule has 0 atom stereocenters. The minimum Gasteiger partial charge on any atom is -0.504 e. The second-order valence-electron chi connectivity index (χ2n) is 9.04. The number of carbonyl (C=O) groups is 1. The van der Waals surface area contributed by atoms with Gasteiger partial charge in [0.25, 0.3) is 5.91 Å². The molecule has 10 heteroatoms. The second kappa shape index (κ2) is 11.3. The number of nitrogens with zero attached hydrogens (tertiary/aromatic N) is 4. The first-order valence-corrected chi connectivity index (χ1v) is 12.2. The van der Waals surface area contributed by atoms with Crippen LogP contribution in [0.4, 0.5) is 17.3 Å². The van der Waals surface area contributed by atoms with E-state index in [2.05, 4.69) is 32.5 Å². The number of aromatic nitrogens is 2. The summed E-state index contributed by atoms with van der Waals surface area (Å²) in [6.07, 6.45) is 3.58. The van der Waals surface area contributed by atoms with Gasteiger partial charge in [0.05, 0.1) is 23.9 Å². The maximum Gasteiger partial charge on any atom is 0.254 e. The number of benzene rings is 2. The number of piperidine rings is 1. The Labute approximate surface area is 216 Å². The largest absolute Gasteiger partial charge is 0.504 e. The highest BCUT2D eigenvalue weighted by Crippen LogP contribution is 2.38. The van der Waals surface area contributed by atoms with Crippen LogP contribution in [-0.4, -0.2) is 83.3 Å². The Hall–Kier alpha value is -3.14. The third-order valence-corrected chi connectivity index (χ3v) is 6.87. The summed E-state index contributed by atoms with van der Waals surface area (Å²) in [7, 11) is 2.11. The van der Waals surface area contributed by atoms with E-state index in [4.69, 9.17) is 16.3 Å². The molecule has 1 amide bonds. The predicted octanol–water partition coefficient (Wildman–Crippen LogP) is 4.35. The lowest BCUT2D eigenvalue weighted by Crippen LogP contribution is -2.40. The molecule has 2 saturated heterocycles. The Morgan fingerprint density at radius 3 is 2.53 bits per heavy atom. The molecule has 2 fully saturated rings. The van der Waals surface area contributed by atoms with Crippen molar-refractivity contribution in [1.82, 2.24) is 19.8 Å². The van der Waals surface area contributed by atoms with Gasteiger partial charge in [0.2, 0.25) is 5.95 Å². The number of amides is 1. The first-order chi connectivity index (χ1) is 17.0. The summed E-state index contributed by atoms with van der Waals surface area (Å²) >= 11 is 6.50. The van der Waals surface area contributed by atoms with Crippen LogP contribution in [0.1, 0.15) is 30.6 Å². The number of likely N-dealkylation sites (tertiary alicyclic amines) is 1. The number of phenols is 1. The standard InChI is InChI=1S/C25H29ClN6O3.CH4/c1-31-8-6-18(7-9-31)28-21-14-20(26)19-15-27-25(30-22(19)23(21)33)29-17-4-2-16(3-5-17)24(34)32-10-12-35-13-11-32;/h2-5,14-15,18,28,33H,6-13H2,1H3,(H,27,29,30);1H4. The summed E-state index contributed by atoms with van der Waals surface area (Å²) in [6, 6.07) is 9.18. The Morgan fingerprint density at radius 2 is 1.83 bits per heavy atom. The molecule has 3 aromatic rings. The highest BCUT2D eigenvalue weighted by atomic mass is 35.5. The van der Waals surface area contributed by atoms with Gasteiger partial charge in [0.1, 0.15) is 5.52 Å². The van der Waals surface area contributed by atoms with Gasteiger partial charge in [-0.1, -0.05) is 19.0 Å². The molecule has 2 aromatic carbocycles. The number of hydrogen-bond donors (Lipinski definition) is 3. The molecule has 1 aromatic heterocycles. The average molecular weight is 513 g/mol. The normalized spacial score (nSPS) is 17.0. The van der Waals surface area contributed by atoms with Gasteiger partial charge >= 0.3 is 0 Å². The number of nitrogens with one attached hydrogen (secondary N) is 2. The molecule has 0 radical (unpaired) electrons. The van der Waals surface area contributed by atoms with Gasteiger partial charge in [-0.2, -0.15) is 0 Å². The summed E-state index contributed by atoms with van der Waals surface area (Å²) in [5, 5.41) is 18.6. The number of hydrogen-bond acceptors (Lipinski definition) is 8. The van der Waals surface area contributed by atoms with Crippen LogP contribution in [0.3, 0.4) is 0 Å². The van der Waals surface area contributed by atoms with Crippen LogP contribution in [0.25, 0.3) is 10.9 Å². The number of morpholine rings is 1. The van der Waals surface area contributed by atoms with E-state index >= 15 is 0 Å². The molecule has 2 aliphatic rings. The third kappa shape index (κ3) is 5.64. The SMILES string of the molecule is C.CN1CCC(Nc2cc(Cl)c3cnc(Nc4ccc(C(=O)N5CCOCC5)cc4)nc3c2O)CC1. The number of carbonyl (C=O) groups excluding carboxylic acids is 1. The maximum atomic E-state index is 12.7. The fourth-order valence-electron chi connectivity index (χ4n) is 4.45. The molecule has 192 valence electrons. The summed E-state index contributed by atoms with van der Waals surface area (Å²) < 4.78 is 5.32. The van der Waals surface area contributed by atoms with Crippen LogP contribution >= 0.6 is 11.6 Å². The zero-order valence-electron chi connectivity index (χ0n) is 19.6. The summed E-state index contributed by atoms with van der Waals surface area (Å²) in [5.41, 5.74) is 2.30. The molecule has 0 saturated carbocycles. The molecule has 3 N–H and O–H groups in total. The molecule has 0 unspecified atom stereocenters. The van der Waals surface area contributed by atoms with E-state index < -0.39 is 0 Å². The number of anilines is 3. The molecule has 5 rings (SSSR count). The van der Waals surface area contributed by atoms with Crippen molar-refractivity contribution >= 4 is 45.7 Å². The number of rotatable bonds is 5. The number of ether oxygens (including phenoxy) is 1. The molecule has 0 bridgehead atoms. The van der Waals surface area contributed by atoms with Crippen LogP contribution in [0, 0.1) is 0 Å². The van der Waals surface area contributed by atoms with Crippen LogP contribution in [0.15, 0.2) is 36.5 Å². The van der Waals surface area contributed by atoms with Crippen molar-refractivity contribution in [3.8, 4) is 5.75 Å². The van der Waals surface area contributed by atoms with Crippen LogP contribution in [0.2, 0.25) is 5.02 Å². The van der Waals surface area contributed by atoms with Crippen molar-refractivity contribution in [2.45, 2.75) is 26.3 Å². The van der Waals surface area contributed by atoms with Crippen molar-refractivity contribution in [1.29, 1.82) is 0 Å². The molecule has 36 heavy (non-hydrogen) atoms. The highest BCUT2D eigenvalue weighted by Gasteiger charge is 2.21. The number of aromatic hydroxyl groups is 1. The van der Waals surface area contributed by atoms with Gasteiger partial charge in [-0.3, -0.25) is 4.79 Å². The first-order valence-electron chi connectivity index (χ1n) is 11.9. The smallest absolute Gasteiger partial charge is 0.254 e. The van der Waals surface area contributed by atoms with Gasteiger partial charge < -0.3 is 30.3 Å². The van der Waals surface area contributed by atoms with E-state index in [0.29, 0.717) is 59.4 Å². The van der Waals surface area contributed by atoms with Gasteiger partial charge in [-0.05, 0) is 63.3 Å². The zero-order valence-corrected chi connectivity index (χ0v) is 20.4. The van der Waals surface area contributed by atoms with Crippen molar-refractivity contribution in [2.75, 3.05) is 57.1 Å². The minimum absolute atomic E-state index is 0. The summed E-state index contributed by atoms with van der Waals surface area (Å²) in [4.78, 5) is 25.6. The van der Waals surface area contributed by atoms with Gasteiger partial charge in [-0.25, -0.2) is 9.97 Å². The molecular weight excluding hydrogens is 480 g/mol. The molecule has 0 spiro atoms.